The molecule has 2 heterocycles. The van der Waals surface area contributed by atoms with Crippen LogP contribution in [0.15, 0.2) is 78.3 Å². The van der Waals surface area contributed by atoms with Crippen molar-refractivity contribution in [2.24, 2.45) is 10.9 Å². The summed E-state index contributed by atoms with van der Waals surface area (Å²) < 4.78 is 8.13. The molecule has 4 rings (SSSR count). The molecule has 1 N–H and O–H groups in total. The molecule has 2 unspecified atom stereocenters. The lowest BCUT2D eigenvalue weighted by Crippen LogP contribution is -2.48. The monoisotopic (exact) mass is 431 g/mol. The number of hydrogen-bond donors (Lipinski definition) is 1. The normalized spacial score (nSPS) is 19.2. The Hall–Kier alpha value is -3.12. The molecule has 1 aliphatic heterocycles. The fraction of sp³-hybridized carbons (Fsp3) is 0.385. The second-order valence-electron chi connectivity index (χ2n) is 8.49. The minimum atomic E-state index is 0.412. The molecule has 0 amide bonds. The van der Waals surface area contributed by atoms with E-state index in [1.165, 1.54) is 16.7 Å². The van der Waals surface area contributed by atoms with E-state index in [1.807, 2.05) is 37.8 Å². The molecule has 168 valence electrons. The number of likely N-dealkylation sites (tertiary alicyclic amines) is 1. The molecule has 0 bridgehead atoms. The number of nitrogens with one attached hydrogen (secondary N) is 1. The van der Waals surface area contributed by atoms with Crippen LogP contribution in [0, 0.1) is 5.92 Å². The maximum Gasteiger partial charge on any atom is 0.193 e. The minimum Gasteiger partial charge on any atom is -0.372 e. The lowest BCUT2D eigenvalue weighted by atomic mass is 9.93. The van der Waals surface area contributed by atoms with Gasteiger partial charge in [0.2, 0.25) is 0 Å². The Balaban J connectivity index is 1.30. The van der Waals surface area contributed by atoms with Crippen LogP contribution >= 0.6 is 0 Å². The quantitative estimate of drug-likeness (QED) is 0.449. The summed E-state index contributed by atoms with van der Waals surface area (Å²) in [6.07, 6.45) is 6.98. The molecule has 2 atom stereocenters. The Bertz CT molecular complexity index is 986. The molecule has 6 heteroatoms. The second-order valence-corrected chi connectivity index (χ2v) is 8.49. The molecule has 0 aliphatic carbocycles. The Morgan fingerprint density at radius 2 is 1.88 bits per heavy atom. The molecule has 0 saturated carbocycles. The lowest BCUT2D eigenvalue weighted by Gasteiger charge is -2.39. The van der Waals surface area contributed by atoms with Crippen LogP contribution in [0.25, 0.3) is 0 Å². The van der Waals surface area contributed by atoms with Gasteiger partial charge in [0.15, 0.2) is 5.96 Å². The van der Waals surface area contributed by atoms with Gasteiger partial charge in [-0.2, -0.15) is 0 Å². The third kappa shape index (κ3) is 5.77. The van der Waals surface area contributed by atoms with Crippen LogP contribution in [-0.2, 0) is 24.5 Å². The maximum absolute atomic E-state index is 5.90. The molecule has 3 aromatic rings. The van der Waals surface area contributed by atoms with Crippen LogP contribution in [-0.4, -0.2) is 40.5 Å². The molecule has 1 aliphatic rings. The van der Waals surface area contributed by atoms with E-state index in [0.29, 0.717) is 25.2 Å². The van der Waals surface area contributed by atoms with Gasteiger partial charge in [-0.1, -0.05) is 61.5 Å². The topological polar surface area (TPSA) is 54.7 Å². The summed E-state index contributed by atoms with van der Waals surface area (Å²) in [5, 5.41) is 3.56. The summed E-state index contributed by atoms with van der Waals surface area (Å²) in [4.78, 5) is 11.1. The van der Waals surface area contributed by atoms with Crippen molar-refractivity contribution >= 4 is 5.96 Å². The average molecular weight is 432 g/mol. The van der Waals surface area contributed by atoms with Crippen molar-refractivity contribution in [2.75, 3.05) is 20.1 Å². The van der Waals surface area contributed by atoms with Crippen molar-refractivity contribution in [1.29, 1.82) is 0 Å². The predicted molar refractivity (Wildman–Crippen MR) is 128 cm³/mol. The van der Waals surface area contributed by atoms with Gasteiger partial charge >= 0.3 is 0 Å². The summed E-state index contributed by atoms with van der Waals surface area (Å²) in [5.41, 5.74) is 3.60. The van der Waals surface area contributed by atoms with Gasteiger partial charge in [-0.3, -0.25) is 4.99 Å². The van der Waals surface area contributed by atoms with Crippen molar-refractivity contribution in [3.8, 4) is 0 Å². The summed E-state index contributed by atoms with van der Waals surface area (Å²) in [6, 6.07) is 19.3. The highest BCUT2D eigenvalue weighted by atomic mass is 16.5. The Labute approximate surface area is 191 Å². The highest BCUT2D eigenvalue weighted by Crippen LogP contribution is 2.27. The van der Waals surface area contributed by atoms with Gasteiger partial charge in [-0.25, -0.2) is 4.98 Å². The fourth-order valence-electron chi connectivity index (χ4n) is 4.30. The number of ether oxygens (including phenoxy) is 1. The van der Waals surface area contributed by atoms with Crippen LogP contribution in [0.3, 0.4) is 0 Å². The van der Waals surface area contributed by atoms with E-state index in [4.69, 9.17) is 4.74 Å². The number of piperidine rings is 1. The van der Waals surface area contributed by atoms with Crippen molar-refractivity contribution in [3.05, 3.63) is 90.0 Å². The predicted octanol–water partition coefficient (Wildman–Crippen LogP) is 4.26. The molecule has 1 aromatic heterocycles. The average Bonchev–Trinajstić information content (AvgIpc) is 3.36. The first-order valence-electron chi connectivity index (χ1n) is 11.4. The summed E-state index contributed by atoms with van der Waals surface area (Å²) in [5.74, 6) is 1.57. The molecule has 0 spiro atoms. The Morgan fingerprint density at radius 3 is 2.66 bits per heavy atom. The zero-order chi connectivity index (χ0) is 22.2. The Morgan fingerprint density at radius 1 is 1.09 bits per heavy atom. The number of imidazole rings is 1. The van der Waals surface area contributed by atoms with E-state index in [-0.39, 0.29) is 0 Å². The van der Waals surface area contributed by atoms with Crippen molar-refractivity contribution < 1.29 is 4.74 Å². The molecule has 2 aromatic carbocycles. The first-order chi connectivity index (χ1) is 15.7. The highest BCUT2D eigenvalue weighted by Gasteiger charge is 2.28. The van der Waals surface area contributed by atoms with Gasteiger partial charge in [0, 0.05) is 39.1 Å². The third-order valence-electron chi connectivity index (χ3n) is 6.16. The van der Waals surface area contributed by atoms with Crippen molar-refractivity contribution in [1.82, 2.24) is 19.8 Å². The van der Waals surface area contributed by atoms with Crippen LogP contribution in [0.4, 0.5) is 0 Å². The van der Waals surface area contributed by atoms with Gasteiger partial charge in [0.25, 0.3) is 0 Å². The smallest absolute Gasteiger partial charge is 0.193 e. The molecular formula is C26H33N5O. The lowest BCUT2D eigenvalue weighted by molar-refractivity contribution is 0.107. The summed E-state index contributed by atoms with van der Waals surface area (Å²) >= 11 is 0. The number of guanidine groups is 1. The summed E-state index contributed by atoms with van der Waals surface area (Å²) in [6.45, 7) is 6.24. The van der Waals surface area contributed by atoms with Gasteiger partial charge in [0.1, 0.15) is 0 Å². The molecule has 1 saturated heterocycles. The standard InChI is InChI=1S/C26H33N5O/c1-21-11-13-30(17-25(21)31-14-12-28-20-31)26(27-2)29-16-23-9-6-10-24(15-23)19-32-18-22-7-4-3-5-8-22/h3-10,12,14-15,20-21,25H,11,13,16-19H2,1-2H3,(H,27,29). The number of hydrogen-bond acceptors (Lipinski definition) is 3. The number of nitrogens with zero attached hydrogens (tertiary/aromatic N) is 4. The van der Waals surface area contributed by atoms with E-state index < -0.39 is 0 Å². The van der Waals surface area contributed by atoms with Crippen molar-refractivity contribution in [2.45, 2.75) is 39.1 Å². The fourth-order valence-corrected chi connectivity index (χ4v) is 4.30. The summed E-state index contributed by atoms with van der Waals surface area (Å²) in [7, 11) is 1.86. The van der Waals surface area contributed by atoms with E-state index >= 15 is 0 Å². The van der Waals surface area contributed by atoms with Crippen LogP contribution in [0.1, 0.15) is 36.1 Å². The zero-order valence-electron chi connectivity index (χ0n) is 19.0. The Kier molecular flexibility index (Phi) is 7.56. The van der Waals surface area contributed by atoms with Crippen LogP contribution in [0.5, 0.6) is 0 Å². The van der Waals surface area contributed by atoms with Gasteiger partial charge in [-0.05, 0) is 29.0 Å². The first-order valence-corrected chi connectivity index (χ1v) is 11.4. The van der Waals surface area contributed by atoms with Crippen LogP contribution in [0.2, 0.25) is 0 Å². The first kappa shape index (κ1) is 22.1. The van der Waals surface area contributed by atoms with Gasteiger partial charge in [-0.15, -0.1) is 0 Å². The highest BCUT2D eigenvalue weighted by molar-refractivity contribution is 5.80. The van der Waals surface area contributed by atoms with E-state index in [1.54, 1.807) is 0 Å². The van der Waals surface area contributed by atoms with E-state index in [0.717, 1.165) is 32.0 Å². The van der Waals surface area contributed by atoms with Crippen molar-refractivity contribution in [3.63, 3.8) is 0 Å². The van der Waals surface area contributed by atoms with E-state index in [2.05, 4.69) is 74.3 Å². The molecule has 1 fully saturated rings. The molecule has 32 heavy (non-hydrogen) atoms. The largest absolute Gasteiger partial charge is 0.372 e. The molecule has 6 nitrogen and oxygen atoms in total. The van der Waals surface area contributed by atoms with Gasteiger partial charge in [0.05, 0.1) is 25.6 Å². The number of aromatic nitrogens is 2. The third-order valence-corrected chi connectivity index (χ3v) is 6.16. The zero-order valence-corrected chi connectivity index (χ0v) is 19.0. The minimum absolute atomic E-state index is 0.412. The van der Waals surface area contributed by atoms with Crippen LogP contribution < -0.4 is 5.32 Å². The number of rotatable bonds is 7. The number of benzene rings is 2. The maximum atomic E-state index is 5.90. The van der Waals surface area contributed by atoms with Gasteiger partial charge < -0.3 is 19.5 Å². The molecular weight excluding hydrogens is 398 g/mol. The second kappa shape index (κ2) is 11.0. The number of aliphatic imine (C=N–C) groups is 1. The molecule has 0 radical (unpaired) electrons. The van der Waals surface area contributed by atoms with E-state index in [9.17, 15) is 0 Å². The SMILES string of the molecule is CN=C(NCc1cccc(COCc2ccccc2)c1)N1CCC(C)C(n2ccnc2)C1.